The number of hydrogen-bond donors (Lipinski definition) is 1. The van der Waals surface area contributed by atoms with Gasteiger partial charge >= 0.3 is 0 Å². The predicted molar refractivity (Wildman–Crippen MR) is 53.7 cm³/mol. The highest BCUT2D eigenvalue weighted by molar-refractivity contribution is 9.10. The van der Waals surface area contributed by atoms with E-state index in [9.17, 15) is 0 Å². The van der Waals surface area contributed by atoms with Crippen LogP contribution in [0, 0.1) is 0 Å². The van der Waals surface area contributed by atoms with E-state index in [1.54, 1.807) is 0 Å². The van der Waals surface area contributed by atoms with Crippen molar-refractivity contribution in [2.45, 2.75) is 25.2 Å². The maximum Gasteiger partial charge on any atom is 0.174 e. The van der Waals surface area contributed by atoms with Crippen molar-refractivity contribution in [2.24, 2.45) is 0 Å². The molecule has 0 saturated carbocycles. The SMILES string of the molecule is CC1(c2cnc(Br)[nH]2)CCOCC1. The van der Waals surface area contributed by atoms with Crippen LogP contribution in [0.25, 0.3) is 0 Å². The topological polar surface area (TPSA) is 37.9 Å². The van der Waals surface area contributed by atoms with Gasteiger partial charge in [0.15, 0.2) is 4.73 Å². The summed E-state index contributed by atoms with van der Waals surface area (Å²) in [5.41, 5.74) is 1.43. The Morgan fingerprint density at radius 2 is 2.23 bits per heavy atom. The fourth-order valence-corrected chi connectivity index (χ4v) is 2.01. The Hall–Kier alpha value is -0.350. The van der Waals surface area contributed by atoms with Crippen LogP contribution in [0.1, 0.15) is 25.5 Å². The van der Waals surface area contributed by atoms with E-state index in [1.807, 2.05) is 6.20 Å². The molecule has 72 valence electrons. The van der Waals surface area contributed by atoms with Gasteiger partial charge < -0.3 is 9.72 Å². The van der Waals surface area contributed by atoms with Crippen LogP contribution < -0.4 is 0 Å². The predicted octanol–water partition coefficient (Wildman–Crippen LogP) is 2.24. The van der Waals surface area contributed by atoms with Crippen molar-refractivity contribution in [1.82, 2.24) is 9.97 Å². The highest BCUT2D eigenvalue weighted by Crippen LogP contribution is 2.33. The highest BCUT2D eigenvalue weighted by Gasteiger charge is 2.30. The molecule has 1 fully saturated rings. The Morgan fingerprint density at radius 1 is 1.54 bits per heavy atom. The number of hydrogen-bond acceptors (Lipinski definition) is 2. The number of aromatic amines is 1. The molecule has 0 atom stereocenters. The van der Waals surface area contributed by atoms with E-state index in [-0.39, 0.29) is 5.41 Å². The molecule has 3 nitrogen and oxygen atoms in total. The lowest BCUT2D eigenvalue weighted by molar-refractivity contribution is 0.0552. The molecular weight excluding hydrogens is 232 g/mol. The summed E-state index contributed by atoms with van der Waals surface area (Å²) < 4.78 is 6.16. The van der Waals surface area contributed by atoms with Crippen molar-refractivity contribution in [3.05, 3.63) is 16.6 Å². The normalized spacial score (nSPS) is 21.7. The number of nitrogens with one attached hydrogen (secondary N) is 1. The van der Waals surface area contributed by atoms with Gasteiger partial charge in [-0.15, -0.1) is 0 Å². The van der Waals surface area contributed by atoms with Gasteiger partial charge in [-0.3, -0.25) is 0 Å². The molecule has 0 amide bonds. The average molecular weight is 245 g/mol. The smallest absolute Gasteiger partial charge is 0.174 e. The molecule has 2 heterocycles. The second-order valence-electron chi connectivity index (χ2n) is 3.76. The molecule has 0 aliphatic carbocycles. The van der Waals surface area contributed by atoms with E-state index < -0.39 is 0 Å². The fourth-order valence-electron chi connectivity index (χ4n) is 1.69. The summed E-state index contributed by atoms with van der Waals surface area (Å²) in [6, 6.07) is 0. The van der Waals surface area contributed by atoms with Crippen LogP contribution in [0.15, 0.2) is 10.9 Å². The maximum absolute atomic E-state index is 5.35. The summed E-state index contributed by atoms with van der Waals surface area (Å²) in [5, 5.41) is 0. The Bertz CT molecular complexity index is 292. The molecule has 4 heteroatoms. The lowest BCUT2D eigenvalue weighted by Crippen LogP contribution is -2.30. The van der Waals surface area contributed by atoms with E-state index in [4.69, 9.17) is 4.74 Å². The number of H-pyrrole nitrogens is 1. The maximum atomic E-state index is 5.35. The van der Waals surface area contributed by atoms with Gasteiger partial charge in [0.2, 0.25) is 0 Å². The monoisotopic (exact) mass is 244 g/mol. The number of halogens is 1. The standard InChI is InChI=1S/C9H13BrN2O/c1-9(2-4-13-5-3-9)7-6-11-8(10)12-7/h6H,2-5H2,1H3,(H,11,12). The molecule has 0 unspecified atom stereocenters. The van der Waals surface area contributed by atoms with Crippen LogP contribution in [0.3, 0.4) is 0 Å². The van der Waals surface area contributed by atoms with E-state index in [1.165, 1.54) is 5.69 Å². The Morgan fingerprint density at radius 3 is 2.77 bits per heavy atom. The zero-order valence-corrected chi connectivity index (χ0v) is 9.23. The summed E-state index contributed by atoms with van der Waals surface area (Å²) in [5.74, 6) is 0. The summed E-state index contributed by atoms with van der Waals surface area (Å²) in [6.45, 7) is 3.97. The minimum atomic E-state index is 0.220. The van der Waals surface area contributed by atoms with Gasteiger partial charge in [-0.05, 0) is 28.8 Å². The van der Waals surface area contributed by atoms with Crippen molar-refractivity contribution >= 4 is 15.9 Å². The van der Waals surface area contributed by atoms with E-state index >= 15 is 0 Å². The molecule has 1 saturated heterocycles. The number of aromatic nitrogens is 2. The van der Waals surface area contributed by atoms with Gasteiger partial charge in [0.1, 0.15) is 0 Å². The number of imidazole rings is 1. The molecule has 1 aliphatic rings. The first-order chi connectivity index (χ1) is 6.21. The van der Waals surface area contributed by atoms with Crippen molar-refractivity contribution in [3.63, 3.8) is 0 Å². The lowest BCUT2D eigenvalue weighted by Gasteiger charge is -2.32. The third-order valence-electron chi connectivity index (χ3n) is 2.79. The van der Waals surface area contributed by atoms with Crippen molar-refractivity contribution in [2.75, 3.05) is 13.2 Å². The zero-order chi connectivity index (χ0) is 9.31. The minimum absolute atomic E-state index is 0.220. The second kappa shape index (κ2) is 3.42. The summed E-state index contributed by atoms with van der Waals surface area (Å²) in [7, 11) is 0. The molecule has 1 N–H and O–H groups in total. The molecule has 0 spiro atoms. The molecule has 1 aromatic rings. The average Bonchev–Trinajstić information content (AvgIpc) is 2.54. The van der Waals surface area contributed by atoms with Gasteiger partial charge in [0.05, 0.1) is 0 Å². The molecule has 0 aromatic carbocycles. The Kier molecular flexibility index (Phi) is 2.43. The first kappa shape index (κ1) is 9.21. The van der Waals surface area contributed by atoms with Crippen molar-refractivity contribution < 1.29 is 4.74 Å². The molecule has 0 bridgehead atoms. The molecule has 0 radical (unpaired) electrons. The molecule has 13 heavy (non-hydrogen) atoms. The summed E-state index contributed by atoms with van der Waals surface area (Å²) >= 11 is 3.32. The number of ether oxygens (including phenoxy) is 1. The first-order valence-electron chi connectivity index (χ1n) is 4.49. The van der Waals surface area contributed by atoms with Gasteiger partial charge in [-0.25, -0.2) is 4.98 Å². The first-order valence-corrected chi connectivity index (χ1v) is 5.29. The Labute approximate surface area is 86.0 Å². The van der Waals surface area contributed by atoms with E-state index in [2.05, 4.69) is 32.8 Å². The van der Waals surface area contributed by atoms with E-state index in [0.29, 0.717) is 0 Å². The van der Waals surface area contributed by atoms with Crippen LogP contribution in [0.5, 0.6) is 0 Å². The van der Waals surface area contributed by atoms with Crippen LogP contribution in [0.2, 0.25) is 0 Å². The van der Waals surface area contributed by atoms with Gasteiger partial charge in [-0.1, -0.05) is 6.92 Å². The molecule has 2 rings (SSSR count). The molecular formula is C9H13BrN2O. The van der Waals surface area contributed by atoms with Crippen molar-refractivity contribution in [1.29, 1.82) is 0 Å². The van der Waals surface area contributed by atoms with Gasteiger partial charge in [0, 0.05) is 30.5 Å². The van der Waals surface area contributed by atoms with Crippen LogP contribution >= 0.6 is 15.9 Å². The van der Waals surface area contributed by atoms with E-state index in [0.717, 1.165) is 30.8 Å². The van der Waals surface area contributed by atoms with Crippen LogP contribution in [-0.4, -0.2) is 23.2 Å². The Balaban J connectivity index is 2.22. The minimum Gasteiger partial charge on any atom is -0.381 e. The number of rotatable bonds is 1. The highest BCUT2D eigenvalue weighted by atomic mass is 79.9. The fraction of sp³-hybridized carbons (Fsp3) is 0.667. The van der Waals surface area contributed by atoms with Gasteiger partial charge in [0.25, 0.3) is 0 Å². The second-order valence-corrected chi connectivity index (χ2v) is 4.51. The molecule has 1 aromatic heterocycles. The van der Waals surface area contributed by atoms with Crippen LogP contribution in [-0.2, 0) is 10.2 Å². The molecule has 1 aliphatic heterocycles. The third kappa shape index (κ3) is 1.79. The quantitative estimate of drug-likeness (QED) is 0.823. The summed E-state index contributed by atoms with van der Waals surface area (Å²) in [4.78, 5) is 7.39. The lowest BCUT2D eigenvalue weighted by atomic mass is 9.80. The van der Waals surface area contributed by atoms with Crippen LogP contribution in [0.4, 0.5) is 0 Å². The summed E-state index contributed by atoms with van der Waals surface area (Å²) in [6.07, 6.45) is 4.05. The van der Waals surface area contributed by atoms with Gasteiger partial charge in [-0.2, -0.15) is 0 Å². The number of nitrogens with zero attached hydrogens (tertiary/aromatic N) is 1. The third-order valence-corrected chi connectivity index (χ3v) is 3.19. The largest absolute Gasteiger partial charge is 0.381 e. The zero-order valence-electron chi connectivity index (χ0n) is 7.64. The van der Waals surface area contributed by atoms with Crippen molar-refractivity contribution in [3.8, 4) is 0 Å².